The van der Waals surface area contributed by atoms with Crippen LogP contribution in [-0.2, 0) is 7.05 Å². The van der Waals surface area contributed by atoms with E-state index in [-0.39, 0.29) is 11.8 Å². The summed E-state index contributed by atoms with van der Waals surface area (Å²) in [5, 5.41) is 11.8. The summed E-state index contributed by atoms with van der Waals surface area (Å²) in [5.41, 5.74) is 2.27. The van der Waals surface area contributed by atoms with Crippen LogP contribution in [-0.4, -0.2) is 11.6 Å². The lowest BCUT2D eigenvalue weighted by Crippen LogP contribution is -2.15. The Balaban J connectivity index is 2.54. The Kier molecular flexibility index (Phi) is 2.98. The first-order valence-corrected chi connectivity index (χ1v) is 5.31. The summed E-state index contributed by atoms with van der Waals surface area (Å²) in [4.78, 5) is 11.3. The van der Waals surface area contributed by atoms with Crippen molar-refractivity contribution in [3.05, 3.63) is 34.3 Å². The highest BCUT2D eigenvalue weighted by Crippen LogP contribution is 2.21. The molecule has 1 aromatic carbocycles. The summed E-state index contributed by atoms with van der Waals surface area (Å²) in [5.74, 6) is -0.376. The first-order valence-electron chi connectivity index (χ1n) is 5.31. The van der Waals surface area contributed by atoms with Gasteiger partial charge in [-0.3, -0.25) is 4.57 Å². The van der Waals surface area contributed by atoms with E-state index in [4.69, 9.17) is 9.68 Å². The van der Waals surface area contributed by atoms with Crippen LogP contribution in [0.15, 0.2) is 27.4 Å². The molecule has 2 rings (SSSR count). The summed E-state index contributed by atoms with van der Waals surface area (Å²) in [6.07, 6.45) is 0.383. The van der Waals surface area contributed by atoms with Crippen LogP contribution in [0.25, 0.3) is 11.1 Å². The number of fused-ring (bicyclic) bond motifs is 1. The van der Waals surface area contributed by atoms with E-state index in [1.807, 2.05) is 12.1 Å². The number of hydrogen-bond donors (Lipinski definition) is 1. The maximum absolute atomic E-state index is 11.3. The van der Waals surface area contributed by atoms with Gasteiger partial charge in [0.2, 0.25) is 0 Å². The van der Waals surface area contributed by atoms with Crippen molar-refractivity contribution in [1.82, 2.24) is 9.88 Å². The maximum atomic E-state index is 11.3. The van der Waals surface area contributed by atoms with E-state index in [0.29, 0.717) is 12.0 Å². The van der Waals surface area contributed by atoms with E-state index in [1.165, 1.54) is 4.57 Å². The highest BCUT2D eigenvalue weighted by molar-refractivity contribution is 5.73. The fourth-order valence-corrected chi connectivity index (χ4v) is 1.84. The number of benzene rings is 1. The van der Waals surface area contributed by atoms with Gasteiger partial charge in [0.05, 0.1) is 18.0 Å². The Morgan fingerprint density at radius 2 is 2.35 bits per heavy atom. The quantitative estimate of drug-likeness (QED) is 0.864. The zero-order valence-electron chi connectivity index (χ0n) is 9.73. The Labute approximate surface area is 98.3 Å². The molecule has 1 atom stereocenters. The molecule has 0 bridgehead atoms. The third-order valence-corrected chi connectivity index (χ3v) is 2.86. The second-order valence-electron chi connectivity index (χ2n) is 3.86. The minimum absolute atomic E-state index is 0.0330. The van der Waals surface area contributed by atoms with Gasteiger partial charge in [0, 0.05) is 13.1 Å². The van der Waals surface area contributed by atoms with E-state index in [0.717, 1.165) is 11.1 Å². The van der Waals surface area contributed by atoms with Gasteiger partial charge in [-0.25, -0.2) is 4.79 Å². The second kappa shape index (κ2) is 4.44. The van der Waals surface area contributed by atoms with E-state index in [1.54, 1.807) is 20.2 Å². The van der Waals surface area contributed by atoms with Crippen molar-refractivity contribution in [2.24, 2.45) is 7.05 Å². The monoisotopic (exact) mass is 231 g/mol. The molecule has 0 amide bonds. The first kappa shape index (κ1) is 11.4. The number of nitriles is 1. The predicted molar refractivity (Wildman–Crippen MR) is 63.5 cm³/mol. The summed E-state index contributed by atoms with van der Waals surface area (Å²) in [6.45, 7) is 0. The molecule has 2 aromatic rings. The molecule has 5 nitrogen and oxygen atoms in total. The number of aryl methyl sites for hydroxylation is 1. The van der Waals surface area contributed by atoms with E-state index in [2.05, 4.69) is 11.4 Å². The van der Waals surface area contributed by atoms with Gasteiger partial charge in [-0.05, 0) is 24.7 Å². The van der Waals surface area contributed by atoms with Crippen LogP contribution in [0.3, 0.4) is 0 Å². The lowest BCUT2D eigenvalue weighted by molar-refractivity contribution is 0.528. The fourth-order valence-electron chi connectivity index (χ4n) is 1.84. The van der Waals surface area contributed by atoms with Gasteiger partial charge in [0.15, 0.2) is 5.58 Å². The van der Waals surface area contributed by atoms with Gasteiger partial charge in [0.25, 0.3) is 0 Å². The summed E-state index contributed by atoms with van der Waals surface area (Å²) < 4.78 is 6.51. The lowest BCUT2D eigenvalue weighted by atomic mass is 10.0. The molecule has 0 aliphatic carbocycles. The summed E-state index contributed by atoms with van der Waals surface area (Å²) >= 11 is 0. The second-order valence-corrected chi connectivity index (χ2v) is 3.86. The van der Waals surface area contributed by atoms with Crippen molar-refractivity contribution in [2.75, 3.05) is 7.05 Å². The number of aromatic nitrogens is 1. The molecule has 17 heavy (non-hydrogen) atoms. The molecular weight excluding hydrogens is 218 g/mol. The summed E-state index contributed by atoms with van der Waals surface area (Å²) in [6, 6.07) is 7.59. The van der Waals surface area contributed by atoms with Gasteiger partial charge in [-0.1, -0.05) is 6.07 Å². The van der Waals surface area contributed by atoms with Crippen LogP contribution in [0.2, 0.25) is 0 Å². The van der Waals surface area contributed by atoms with Crippen molar-refractivity contribution in [1.29, 1.82) is 5.26 Å². The average Bonchev–Trinajstić information content (AvgIpc) is 2.62. The number of rotatable bonds is 3. The fraction of sp³-hybridized carbons (Fsp3) is 0.333. The molecule has 1 aromatic heterocycles. The smallest absolute Gasteiger partial charge is 0.408 e. The van der Waals surface area contributed by atoms with Crippen LogP contribution < -0.4 is 11.1 Å². The molecule has 0 saturated heterocycles. The van der Waals surface area contributed by atoms with E-state index >= 15 is 0 Å². The van der Waals surface area contributed by atoms with Crippen LogP contribution >= 0.6 is 0 Å². The van der Waals surface area contributed by atoms with Crippen molar-refractivity contribution in [2.45, 2.75) is 12.5 Å². The Morgan fingerprint density at radius 1 is 1.59 bits per heavy atom. The van der Waals surface area contributed by atoms with Gasteiger partial charge in [-0.15, -0.1) is 0 Å². The molecule has 0 aliphatic rings. The summed E-state index contributed by atoms with van der Waals surface area (Å²) in [7, 11) is 3.47. The molecule has 0 radical (unpaired) electrons. The molecule has 1 unspecified atom stereocenters. The zero-order valence-corrected chi connectivity index (χ0v) is 9.73. The van der Waals surface area contributed by atoms with Crippen molar-refractivity contribution in [3.63, 3.8) is 0 Å². The van der Waals surface area contributed by atoms with Gasteiger partial charge in [0.1, 0.15) is 0 Å². The first-order chi connectivity index (χ1) is 8.17. The largest absolute Gasteiger partial charge is 0.419 e. The molecular formula is C12H13N3O2. The molecule has 1 N–H and O–H groups in total. The number of oxazole rings is 1. The standard InChI is InChI=1S/C12H13N3O2/c1-14-9(5-6-13)8-3-4-11-10(7-8)15(2)12(16)17-11/h3-4,7,9,14H,5H2,1-2H3. The zero-order chi connectivity index (χ0) is 12.4. The van der Waals surface area contributed by atoms with Crippen LogP contribution in [0.1, 0.15) is 18.0 Å². The maximum Gasteiger partial charge on any atom is 0.419 e. The number of nitrogens with one attached hydrogen (secondary N) is 1. The van der Waals surface area contributed by atoms with Crippen molar-refractivity contribution >= 4 is 11.1 Å². The van der Waals surface area contributed by atoms with Crippen molar-refractivity contribution in [3.8, 4) is 6.07 Å². The van der Waals surface area contributed by atoms with Crippen LogP contribution in [0.5, 0.6) is 0 Å². The van der Waals surface area contributed by atoms with Gasteiger partial charge in [-0.2, -0.15) is 5.26 Å². The van der Waals surface area contributed by atoms with Crippen LogP contribution in [0.4, 0.5) is 0 Å². The minimum atomic E-state index is -0.376. The minimum Gasteiger partial charge on any atom is -0.408 e. The third-order valence-electron chi connectivity index (χ3n) is 2.86. The Morgan fingerprint density at radius 3 is 3.00 bits per heavy atom. The van der Waals surface area contributed by atoms with E-state index in [9.17, 15) is 4.79 Å². The Hall–Kier alpha value is -2.06. The van der Waals surface area contributed by atoms with Crippen molar-refractivity contribution < 1.29 is 4.42 Å². The third kappa shape index (κ3) is 1.95. The molecule has 1 heterocycles. The number of hydrogen-bond acceptors (Lipinski definition) is 4. The molecule has 0 fully saturated rings. The highest BCUT2D eigenvalue weighted by atomic mass is 16.4. The number of nitrogens with zero attached hydrogens (tertiary/aromatic N) is 2. The normalized spacial score (nSPS) is 12.5. The van der Waals surface area contributed by atoms with Crippen LogP contribution in [0, 0.1) is 11.3 Å². The topological polar surface area (TPSA) is 71.0 Å². The molecule has 0 spiro atoms. The van der Waals surface area contributed by atoms with Gasteiger partial charge >= 0.3 is 5.76 Å². The Bertz CT molecular complexity index is 633. The molecule has 0 aliphatic heterocycles. The average molecular weight is 231 g/mol. The SMILES string of the molecule is CNC(CC#N)c1ccc2oc(=O)n(C)c2c1. The highest BCUT2D eigenvalue weighted by Gasteiger charge is 2.12. The van der Waals surface area contributed by atoms with E-state index < -0.39 is 0 Å². The molecule has 88 valence electrons. The molecule has 5 heteroatoms. The predicted octanol–water partition coefficient (Wildman–Crippen LogP) is 1.31. The lowest BCUT2D eigenvalue weighted by Gasteiger charge is -2.12. The van der Waals surface area contributed by atoms with Gasteiger partial charge < -0.3 is 9.73 Å². The molecule has 0 saturated carbocycles.